The molecule has 2 aliphatic heterocycles. The smallest absolute Gasteiger partial charge is 0.243 e. The molecule has 2 saturated heterocycles. The van der Waals surface area contributed by atoms with Crippen molar-refractivity contribution < 1.29 is 21.6 Å². The maximum Gasteiger partial charge on any atom is 0.243 e. The molecule has 0 spiro atoms. The van der Waals surface area contributed by atoms with Crippen molar-refractivity contribution in [1.82, 2.24) is 13.5 Å². The highest BCUT2D eigenvalue weighted by molar-refractivity contribution is 7.89. The first-order chi connectivity index (χ1) is 17.0. The molecule has 2 aromatic carbocycles. The minimum atomic E-state index is -3.76. The monoisotopic (exact) mass is 554 g/mol. The highest BCUT2D eigenvalue weighted by Crippen LogP contribution is 2.28. The number of benzene rings is 2. The van der Waals surface area contributed by atoms with Crippen molar-refractivity contribution in [2.75, 3.05) is 51.6 Å². The van der Waals surface area contributed by atoms with E-state index in [1.165, 1.54) is 38.9 Å². The van der Waals surface area contributed by atoms with E-state index >= 15 is 0 Å². The number of piperidine rings is 1. The van der Waals surface area contributed by atoms with Crippen LogP contribution in [0.5, 0.6) is 0 Å². The molecule has 0 saturated carbocycles. The number of hydrogen-bond donors (Lipinski definition) is 1. The van der Waals surface area contributed by atoms with E-state index in [9.17, 15) is 21.6 Å². The molecule has 4 rings (SSSR count). The van der Waals surface area contributed by atoms with Crippen molar-refractivity contribution in [3.63, 3.8) is 0 Å². The number of rotatable bonds is 6. The van der Waals surface area contributed by atoms with Gasteiger partial charge in [0.25, 0.3) is 0 Å². The number of halogens is 1. The molecule has 0 unspecified atom stereocenters. The summed E-state index contributed by atoms with van der Waals surface area (Å²) in [6.45, 7) is 4.25. The highest BCUT2D eigenvalue weighted by Gasteiger charge is 2.34. The number of nitrogens with zero attached hydrogens (tertiary/aromatic N) is 3. The Kier molecular flexibility index (Phi) is 8.08. The first-order valence-electron chi connectivity index (χ1n) is 11.8. The molecule has 9 nitrogen and oxygen atoms in total. The molecule has 0 aliphatic carbocycles. The lowest BCUT2D eigenvalue weighted by Gasteiger charge is -2.32. The van der Waals surface area contributed by atoms with Gasteiger partial charge < -0.3 is 10.2 Å². The zero-order chi connectivity index (χ0) is 26.1. The van der Waals surface area contributed by atoms with E-state index in [1.807, 2.05) is 7.05 Å². The molecule has 2 aromatic rings. The summed E-state index contributed by atoms with van der Waals surface area (Å²) in [5, 5.41) is 3.25. The van der Waals surface area contributed by atoms with Crippen LogP contribution in [0.15, 0.2) is 52.3 Å². The Morgan fingerprint density at radius 2 is 1.58 bits per heavy atom. The molecule has 36 heavy (non-hydrogen) atoms. The third-order valence-corrected chi connectivity index (χ3v) is 10.9. The van der Waals surface area contributed by atoms with E-state index in [0.717, 1.165) is 0 Å². The van der Waals surface area contributed by atoms with Gasteiger partial charge in [-0.3, -0.25) is 4.79 Å². The van der Waals surface area contributed by atoms with Crippen LogP contribution in [0.4, 0.5) is 5.69 Å². The van der Waals surface area contributed by atoms with Crippen LogP contribution in [0.1, 0.15) is 18.4 Å². The number of carbonyl (C=O) groups is 1. The van der Waals surface area contributed by atoms with E-state index in [2.05, 4.69) is 10.2 Å². The van der Waals surface area contributed by atoms with Crippen LogP contribution in [0.25, 0.3) is 0 Å². The molecule has 2 fully saturated rings. The Bertz CT molecular complexity index is 1320. The fourth-order valence-corrected chi connectivity index (χ4v) is 7.82. The first kappa shape index (κ1) is 27.0. The fourth-order valence-electron chi connectivity index (χ4n) is 4.50. The van der Waals surface area contributed by atoms with Gasteiger partial charge in [0.05, 0.1) is 15.7 Å². The van der Waals surface area contributed by atoms with Gasteiger partial charge in [0, 0.05) is 50.0 Å². The molecule has 0 bridgehead atoms. The maximum atomic E-state index is 13.3. The van der Waals surface area contributed by atoms with Crippen LogP contribution in [0, 0.1) is 12.8 Å². The summed E-state index contributed by atoms with van der Waals surface area (Å²) in [7, 11) is -5.51. The number of piperazine rings is 1. The van der Waals surface area contributed by atoms with Crippen molar-refractivity contribution in [2.24, 2.45) is 5.92 Å². The van der Waals surface area contributed by atoms with Crippen LogP contribution in [-0.4, -0.2) is 82.6 Å². The molecular formula is C24H31ClN4O5S2. The van der Waals surface area contributed by atoms with Crippen LogP contribution in [0.2, 0.25) is 5.02 Å². The Labute approximate surface area is 218 Å². The van der Waals surface area contributed by atoms with Gasteiger partial charge in [-0.15, -0.1) is 0 Å². The van der Waals surface area contributed by atoms with E-state index in [0.29, 0.717) is 61.8 Å². The quantitative estimate of drug-likeness (QED) is 0.588. The predicted octanol–water partition coefficient (Wildman–Crippen LogP) is 2.62. The van der Waals surface area contributed by atoms with E-state index in [-0.39, 0.29) is 22.2 Å². The normalized spacial score (nSPS) is 20.8. The van der Waals surface area contributed by atoms with Gasteiger partial charge in [-0.2, -0.15) is 8.61 Å². The molecule has 2 heterocycles. The Hall–Kier alpha value is -2.02. The summed E-state index contributed by atoms with van der Waals surface area (Å²) >= 11 is 5.88. The summed E-state index contributed by atoms with van der Waals surface area (Å²) in [4.78, 5) is 15.5. The fraction of sp³-hybridized carbons (Fsp3) is 0.458. The number of carbonyl (C=O) groups excluding carboxylic acids is 1. The number of hydrogen-bond acceptors (Lipinski definition) is 6. The lowest BCUT2D eigenvalue weighted by Crippen LogP contribution is -2.47. The lowest BCUT2D eigenvalue weighted by molar-refractivity contribution is -0.120. The average molecular weight is 555 g/mol. The van der Waals surface area contributed by atoms with E-state index < -0.39 is 26.0 Å². The van der Waals surface area contributed by atoms with Gasteiger partial charge in [0.15, 0.2) is 0 Å². The van der Waals surface area contributed by atoms with Crippen molar-refractivity contribution in [3.05, 3.63) is 53.1 Å². The van der Waals surface area contributed by atoms with Crippen LogP contribution in [-0.2, 0) is 24.8 Å². The average Bonchev–Trinajstić information content (AvgIpc) is 2.85. The number of likely N-dealkylation sites (N-methyl/N-ethyl adjacent to an activating group) is 1. The highest BCUT2D eigenvalue weighted by atomic mass is 35.5. The molecule has 196 valence electrons. The van der Waals surface area contributed by atoms with Crippen LogP contribution >= 0.6 is 11.6 Å². The number of nitrogens with one attached hydrogen (secondary N) is 1. The third-order valence-electron chi connectivity index (χ3n) is 6.74. The first-order valence-corrected chi connectivity index (χ1v) is 15.1. The number of amides is 1. The second kappa shape index (κ2) is 10.8. The summed E-state index contributed by atoms with van der Waals surface area (Å²) in [5.74, 6) is -0.891. The number of sulfonamides is 2. The SMILES string of the molecule is Cc1ccc(NC(=O)[C@@H]2CCCN(S(=O)(=O)c3ccc(Cl)cc3)C2)cc1S(=O)(=O)N1CCN(C)CC1. The maximum absolute atomic E-state index is 13.3. The van der Waals surface area contributed by atoms with Gasteiger partial charge in [0.1, 0.15) is 0 Å². The molecule has 0 aromatic heterocycles. The zero-order valence-corrected chi connectivity index (χ0v) is 22.7. The topological polar surface area (TPSA) is 107 Å². The molecule has 0 radical (unpaired) electrons. The molecule has 12 heteroatoms. The number of anilines is 1. The Morgan fingerprint density at radius 1 is 0.917 bits per heavy atom. The van der Waals surface area contributed by atoms with Gasteiger partial charge in [-0.05, 0) is 68.8 Å². The van der Waals surface area contributed by atoms with E-state index in [1.54, 1.807) is 19.1 Å². The van der Waals surface area contributed by atoms with Crippen molar-refractivity contribution in [3.8, 4) is 0 Å². The Morgan fingerprint density at radius 3 is 2.25 bits per heavy atom. The minimum Gasteiger partial charge on any atom is -0.326 e. The molecule has 2 aliphatic rings. The largest absolute Gasteiger partial charge is 0.326 e. The van der Waals surface area contributed by atoms with Crippen LogP contribution in [0.3, 0.4) is 0 Å². The summed E-state index contributed by atoms with van der Waals surface area (Å²) in [5.41, 5.74) is 0.973. The molecular weight excluding hydrogens is 524 g/mol. The Balaban J connectivity index is 1.48. The second-order valence-electron chi connectivity index (χ2n) is 9.33. The van der Waals surface area contributed by atoms with Crippen molar-refractivity contribution >= 4 is 43.2 Å². The molecule has 1 atom stereocenters. The minimum absolute atomic E-state index is 0.0507. The van der Waals surface area contributed by atoms with Crippen molar-refractivity contribution in [1.29, 1.82) is 0 Å². The zero-order valence-electron chi connectivity index (χ0n) is 20.4. The summed E-state index contributed by atoms with van der Waals surface area (Å²) in [6, 6.07) is 10.8. The summed E-state index contributed by atoms with van der Waals surface area (Å²) in [6.07, 6.45) is 1.08. The van der Waals surface area contributed by atoms with Gasteiger partial charge in [-0.1, -0.05) is 17.7 Å². The summed E-state index contributed by atoms with van der Waals surface area (Å²) < 4.78 is 55.5. The third kappa shape index (κ3) is 5.76. The second-order valence-corrected chi connectivity index (χ2v) is 13.6. The standard InChI is InChI=1S/C24H31ClN4O5S2/c1-18-5-8-21(16-23(18)36(33,34)28-14-12-27(2)13-15-28)26-24(30)19-4-3-11-29(17-19)35(31,32)22-9-6-20(25)7-10-22/h5-10,16,19H,3-4,11-15,17H2,1-2H3,(H,26,30)/t19-/m1/s1. The van der Waals surface area contributed by atoms with Gasteiger partial charge >= 0.3 is 0 Å². The van der Waals surface area contributed by atoms with Crippen LogP contribution < -0.4 is 5.32 Å². The van der Waals surface area contributed by atoms with Crippen molar-refractivity contribution in [2.45, 2.75) is 29.6 Å². The molecule has 1 amide bonds. The van der Waals surface area contributed by atoms with E-state index in [4.69, 9.17) is 11.6 Å². The molecule has 1 N–H and O–H groups in total. The number of aryl methyl sites for hydroxylation is 1. The lowest BCUT2D eigenvalue weighted by atomic mass is 9.98. The van der Waals surface area contributed by atoms with Gasteiger partial charge in [-0.25, -0.2) is 16.8 Å². The van der Waals surface area contributed by atoms with Gasteiger partial charge in [0.2, 0.25) is 26.0 Å². The predicted molar refractivity (Wildman–Crippen MR) is 139 cm³/mol.